The van der Waals surface area contributed by atoms with E-state index in [2.05, 4.69) is 5.32 Å². The van der Waals surface area contributed by atoms with E-state index in [1.807, 2.05) is 0 Å². The Morgan fingerprint density at radius 3 is 2.00 bits per heavy atom. The van der Waals surface area contributed by atoms with Gasteiger partial charge in [-0.2, -0.15) is 0 Å². The van der Waals surface area contributed by atoms with Crippen molar-refractivity contribution in [1.82, 2.24) is 5.32 Å². The molecule has 0 aliphatic rings. The Balaban J connectivity index is 3.22. The molecule has 0 saturated heterocycles. The van der Waals surface area contributed by atoms with Crippen molar-refractivity contribution < 1.29 is 24.2 Å². The number of carbonyl (C=O) groups is 3. The van der Waals surface area contributed by atoms with E-state index in [0.717, 1.165) is 0 Å². The molecule has 2 atom stereocenters. The molecule has 2 unspecified atom stereocenters. The minimum absolute atomic E-state index is 0.281. The number of hydrogen-bond donors (Lipinski definition) is 2. The third-order valence-corrected chi connectivity index (χ3v) is 9.35. The summed E-state index contributed by atoms with van der Waals surface area (Å²) >= 11 is 0. The first-order valence-electron chi connectivity index (χ1n) is 6.37. The fourth-order valence-corrected chi connectivity index (χ4v) is 8.38. The van der Waals surface area contributed by atoms with E-state index in [-0.39, 0.29) is 5.75 Å². The number of rotatable bonds is 6. The van der Waals surface area contributed by atoms with Gasteiger partial charge in [-0.15, -0.1) is 0 Å². The van der Waals surface area contributed by atoms with Gasteiger partial charge in [-0.1, -0.05) is 0 Å². The third kappa shape index (κ3) is 6.21. The van der Waals surface area contributed by atoms with E-state index in [1.165, 1.54) is 38.1 Å². The molecule has 1 aromatic carbocycles. The molecule has 1 amide bonds. The first-order valence-corrected chi connectivity index (χ1v) is 15.9. The molecule has 126 valence electrons. The van der Waals surface area contributed by atoms with Gasteiger partial charge in [0, 0.05) is 0 Å². The van der Waals surface area contributed by atoms with Crippen molar-refractivity contribution in [2.24, 2.45) is 0 Å². The Labute approximate surface area is 148 Å². The topological polar surface area (TPSA) is 92.7 Å². The number of ether oxygens (including phenoxy) is 1. The van der Waals surface area contributed by atoms with Gasteiger partial charge >= 0.3 is 148 Å². The molecular weight excluding hydrogens is 429 g/mol. The fraction of sp³-hybridized carbons (Fsp3) is 0.308. The van der Waals surface area contributed by atoms with Gasteiger partial charge in [-0.3, -0.25) is 0 Å². The van der Waals surface area contributed by atoms with E-state index in [9.17, 15) is 19.5 Å². The summed E-state index contributed by atoms with van der Waals surface area (Å²) in [5, 5.41) is 11.7. The zero-order chi connectivity index (χ0) is 17.8. The van der Waals surface area contributed by atoms with Gasteiger partial charge in [0.05, 0.1) is 0 Å². The summed E-state index contributed by atoms with van der Waals surface area (Å²) in [7, 11) is 14.2. The second-order valence-corrected chi connectivity index (χ2v) is 20.6. The maximum atomic E-state index is 11.5. The van der Waals surface area contributed by atoms with Crippen molar-refractivity contribution in [2.75, 3.05) is 0 Å². The average molecular weight is 443 g/mol. The molecule has 0 aliphatic carbocycles. The quantitative estimate of drug-likeness (QED) is 0.401. The number of amides is 1. The van der Waals surface area contributed by atoms with Crippen molar-refractivity contribution in [3.05, 3.63) is 29.8 Å². The van der Waals surface area contributed by atoms with E-state index in [4.69, 9.17) is 34.8 Å². The van der Waals surface area contributed by atoms with E-state index in [0.29, 0.717) is 5.56 Å². The van der Waals surface area contributed by atoms with E-state index >= 15 is 0 Å². The van der Waals surface area contributed by atoms with Gasteiger partial charge in [0.15, 0.2) is 0 Å². The van der Waals surface area contributed by atoms with Crippen molar-refractivity contribution in [1.29, 1.82) is 0 Å². The van der Waals surface area contributed by atoms with Crippen molar-refractivity contribution in [3.8, 4) is 5.75 Å². The number of carboxylic acid groups (broad SMARTS) is 1. The molecule has 0 bridgehead atoms. The normalized spacial score (nSPS) is 13.8. The van der Waals surface area contributed by atoms with Crippen LogP contribution in [0.15, 0.2) is 24.3 Å². The first-order chi connectivity index (χ1) is 10.5. The Morgan fingerprint density at radius 1 is 1.13 bits per heavy atom. The molecular formula is C13H14Cl3GeNO5. The van der Waals surface area contributed by atoms with Crippen LogP contribution in [-0.4, -0.2) is 39.5 Å². The number of carboxylic acids is 1. The third-order valence-electron chi connectivity index (χ3n) is 2.81. The van der Waals surface area contributed by atoms with Crippen LogP contribution in [0.3, 0.4) is 0 Å². The fourth-order valence-electron chi connectivity index (χ4n) is 1.99. The molecule has 23 heavy (non-hydrogen) atoms. The Bertz CT molecular complexity index is 603. The standard InChI is InChI=1S/C13H14Cl3GeNO5/c1-7(19)18-12(13(21)22)11(17(14,15)16)9-3-5-10(6-4-9)23-8(2)20/h3-6,11-12H,1-2H3,(H,18,19)(H,21,22). The van der Waals surface area contributed by atoms with Crippen molar-refractivity contribution >= 4 is 58.4 Å². The van der Waals surface area contributed by atoms with Crippen LogP contribution in [0.5, 0.6) is 5.75 Å². The van der Waals surface area contributed by atoms with Crippen LogP contribution in [-0.2, 0) is 14.4 Å². The summed E-state index contributed by atoms with van der Waals surface area (Å²) in [6, 6.07) is 4.59. The van der Waals surface area contributed by atoms with Gasteiger partial charge in [0.25, 0.3) is 0 Å². The molecule has 0 aliphatic heterocycles. The molecule has 0 radical (unpaired) electrons. The molecule has 1 aromatic rings. The molecule has 0 spiro atoms. The van der Waals surface area contributed by atoms with Crippen LogP contribution >= 0.6 is 30.0 Å². The van der Waals surface area contributed by atoms with E-state index in [1.54, 1.807) is 0 Å². The molecule has 0 fully saturated rings. The maximum absolute atomic E-state index is 11.5. The molecule has 6 nitrogen and oxygen atoms in total. The molecule has 0 aromatic heterocycles. The number of hydrogen-bond acceptors (Lipinski definition) is 4. The number of aliphatic carboxylic acids is 1. The number of esters is 1. The average Bonchev–Trinajstić information content (AvgIpc) is 2.37. The molecule has 1 rings (SSSR count). The van der Waals surface area contributed by atoms with Crippen molar-refractivity contribution in [3.63, 3.8) is 0 Å². The monoisotopic (exact) mass is 443 g/mol. The number of nitrogens with one attached hydrogen (secondary N) is 1. The van der Waals surface area contributed by atoms with Gasteiger partial charge in [-0.05, 0) is 0 Å². The summed E-state index contributed by atoms with van der Waals surface area (Å²) in [5.74, 6) is -2.06. The first kappa shape index (κ1) is 20.1. The summed E-state index contributed by atoms with van der Waals surface area (Å²) < 4.78 is 3.93. The Kier molecular flexibility index (Phi) is 7.19. The molecule has 0 saturated carbocycles. The van der Waals surface area contributed by atoms with Crippen LogP contribution in [0.4, 0.5) is 0 Å². The Morgan fingerprint density at radius 2 is 1.65 bits per heavy atom. The van der Waals surface area contributed by atoms with E-state index < -0.39 is 39.1 Å². The molecule has 10 heteroatoms. The SMILES string of the molecule is CC(=O)NC(C(=O)O)[CH](c1ccc(OC(C)=O)cc1)[Ge]([Cl])([Cl])[Cl]. The minimum atomic E-state index is -4.10. The summed E-state index contributed by atoms with van der Waals surface area (Å²) in [6.45, 7) is 2.44. The summed E-state index contributed by atoms with van der Waals surface area (Å²) in [5.41, 5.74) is 0.432. The Hall–Kier alpha value is -0.957. The van der Waals surface area contributed by atoms with Crippen LogP contribution in [0, 0.1) is 0 Å². The van der Waals surface area contributed by atoms with Gasteiger partial charge in [-0.25, -0.2) is 0 Å². The van der Waals surface area contributed by atoms with Crippen LogP contribution < -0.4 is 10.1 Å². The molecule has 0 heterocycles. The van der Waals surface area contributed by atoms with Crippen LogP contribution in [0.1, 0.15) is 24.2 Å². The molecule has 2 N–H and O–H groups in total. The predicted octanol–water partition coefficient (Wildman–Crippen LogP) is 2.48. The number of benzene rings is 1. The van der Waals surface area contributed by atoms with Gasteiger partial charge in [0.1, 0.15) is 0 Å². The van der Waals surface area contributed by atoms with Crippen LogP contribution in [0.25, 0.3) is 0 Å². The zero-order valence-corrected chi connectivity index (χ0v) is 16.5. The van der Waals surface area contributed by atoms with Gasteiger partial charge < -0.3 is 0 Å². The van der Waals surface area contributed by atoms with Gasteiger partial charge in [0.2, 0.25) is 0 Å². The number of carbonyl (C=O) groups excluding carboxylic acids is 2. The summed E-state index contributed by atoms with van der Waals surface area (Å²) in [4.78, 5) is 33.6. The number of halogens is 3. The predicted molar refractivity (Wildman–Crippen MR) is 89.0 cm³/mol. The zero-order valence-electron chi connectivity index (χ0n) is 12.2. The second kappa shape index (κ2) is 8.23. The second-order valence-electron chi connectivity index (χ2n) is 4.70. The van der Waals surface area contributed by atoms with Crippen molar-refractivity contribution in [2.45, 2.75) is 24.6 Å². The van der Waals surface area contributed by atoms with Crippen LogP contribution in [0.2, 0.25) is 0 Å². The summed E-state index contributed by atoms with van der Waals surface area (Å²) in [6.07, 6.45) is 0.